The Hall–Kier alpha value is -1.88. The van der Waals surface area contributed by atoms with Gasteiger partial charge < -0.3 is 0 Å². The number of aromatic nitrogens is 1. The first-order valence-corrected chi connectivity index (χ1v) is 7.34. The fourth-order valence-electron chi connectivity index (χ4n) is 2.14. The number of rotatable bonds is 3. The molecule has 19 heavy (non-hydrogen) atoms. The summed E-state index contributed by atoms with van der Waals surface area (Å²) in [6, 6.07) is 10.3. The third-order valence-electron chi connectivity index (χ3n) is 3.18. The van der Waals surface area contributed by atoms with Crippen LogP contribution in [0.5, 0.6) is 0 Å². The number of hydrogen-bond donors (Lipinski definition) is 0. The minimum atomic E-state index is 0.963. The summed E-state index contributed by atoms with van der Waals surface area (Å²) in [5, 5.41) is 8.75. The zero-order valence-electron chi connectivity index (χ0n) is 10.7. The van der Waals surface area contributed by atoms with Crippen LogP contribution in [0.2, 0.25) is 0 Å². The minimum absolute atomic E-state index is 0.963. The molecule has 1 saturated heterocycles. The molecule has 0 spiro atoms. The molecule has 2 aromatic heterocycles. The van der Waals surface area contributed by atoms with E-state index >= 15 is 0 Å². The van der Waals surface area contributed by atoms with Gasteiger partial charge in [0.25, 0.3) is 5.82 Å². The summed E-state index contributed by atoms with van der Waals surface area (Å²) < 4.78 is 0. The van der Waals surface area contributed by atoms with Gasteiger partial charge in [-0.2, -0.15) is 5.10 Å². The number of hydrazone groups is 1. The summed E-state index contributed by atoms with van der Waals surface area (Å²) in [7, 11) is 0. The molecule has 1 aliphatic heterocycles. The van der Waals surface area contributed by atoms with Gasteiger partial charge in [0.15, 0.2) is 0 Å². The highest BCUT2D eigenvalue weighted by Crippen LogP contribution is 2.10. The van der Waals surface area contributed by atoms with Crippen molar-refractivity contribution in [3.05, 3.63) is 46.8 Å². The van der Waals surface area contributed by atoms with Crippen molar-refractivity contribution < 1.29 is 4.98 Å². The van der Waals surface area contributed by atoms with E-state index in [4.69, 9.17) is 0 Å². The number of hydrogen-bond acceptors (Lipinski definition) is 4. The van der Waals surface area contributed by atoms with Crippen LogP contribution in [-0.2, 0) is 0 Å². The largest absolute Gasteiger partial charge is 0.289 e. The first-order valence-electron chi connectivity index (χ1n) is 6.46. The predicted molar refractivity (Wildman–Crippen MR) is 78.7 cm³/mol. The van der Waals surface area contributed by atoms with Gasteiger partial charge in [-0.15, -0.1) is 11.3 Å². The van der Waals surface area contributed by atoms with Crippen molar-refractivity contribution in [1.29, 1.82) is 0 Å². The van der Waals surface area contributed by atoms with Gasteiger partial charge in [-0.1, -0.05) is 12.1 Å². The van der Waals surface area contributed by atoms with Gasteiger partial charge in [-0.3, -0.25) is 9.91 Å². The van der Waals surface area contributed by atoms with Crippen LogP contribution in [-0.4, -0.2) is 37.4 Å². The molecule has 1 aliphatic rings. The molecular formula is C14H17N4S+. The highest BCUT2D eigenvalue weighted by Gasteiger charge is 2.21. The molecule has 0 atom stereocenters. The lowest BCUT2D eigenvalue weighted by Gasteiger charge is -2.28. The molecule has 0 amide bonds. The highest BCUT2D eigenvalue weighted by molar-refractivity contribution is 7.11. The maximum Gasteiger partial charge on any atom is 0.274 e. The molecule has 0 unspecified atom stereocenters. The lowest BCUT2D eigenvalue weighted by Crippen LogP contribution is -2.45. The molecule has 0 aliphatic carbocycles. The average molecular weight is 273 g/mol. The molecule has 0 radical (unpaired) electrons. The Morgan fingerprint density at radius 1 is 1.11 bits per heavy atom. The molecule has 1 fully saturated rings. The monoisotopic (exact) mass is 273 g/mol. The normalized spacial score (nSPS) is 16.2. The third-order valence-corrected chi connectivity index (χ3v) is 3.99. The number of nitrogens with zero attached hydrogens (tertiary/aromatic N) is 3. The van der Waals surface area contributed by atoms with Crippen molar-refractivity contribution in [2.75, 3.05) is 31.1 Å². The second-order valence-electron chi connectivity index (χ2n) is 4.45. The Morgan fingerprint density at radius 3 is 2.68 bits per heavy atom. The predicted octanol–water partition coefficient (Wildman–Crippen LogP) is 1.72. The first-order chi connectivity index (χ1) is 9.42. The number of aromatic amines is 1. The van der Waals surface area contributed by atoms with Gasteiger partial charge in [0.05, 0.1) is 25.5 Å². The smallest absolute Gasteiger partial charge is 0.274 e. The van der Waals surface area contributed by atoms with E-state index in [1.54, 1.807) is 11.3 Å². The number of piperazine rings is 1. The van der Waals surface area contributed by atoms with Gasteiger partial charge in [0.1, 0.15) is 13.1 Å². The van der Waals surface area contributed by atoms with Crippen LogP contribution in [0.25, 0.3) is 0 Å². The molecular weight excluding hydrogens is 256 g/mol. The van der Waals surface area contributed by atoms with Crippen LogP contribution in [0, 0.1) is 0 Å². The van der Waals surface area contributed by atoms with Gasteiger partial charge in [-0.05, 0) is 17.5 Å². The third kappa shape index (κ3) is 3.12. The van der Waals surface area contributed by atoms with Gasteiger partial charge in [-0.25, -0.2) is 4.98 Å². The van der Waals surface area contributed by atoms with E-state index in [0.717, 1.165) is 26.2 Å². The Kier molecular flexibility index (Phi) is 3.74. The van der Waals surface area contributed by atoms with Gasteiger partial charge in [0.2, 0.25) is 0 Å². The van der Waals surface area contributed by atoms with E-state index in [2.05, 4.69) is 49.6 Å². The number of pyridine rings is 1. The summed E-state index contributed by atoms with van der Waals surface area (Å²) in [6.45, 7) is 3.93. The number of nitrogens with one attached hydrogen (secondary N) is 1. The zero-order chi connectivity index (χ0) is 12.9. The lowest BCUT2D eigenvalue weighted by molar-refractivity contribution is -0.364. The van der Waals surface area contributed by atoms with Crippen molar-refractivity contribution in [2.24, 2.45) is 5.10 Å². The van der Waals surface area contributed by atoms with E-state index in [1.165, 1.54) is 10.7 Å². The highest BCUT2D eigenvalue weighted by atomic mass is 32.1. The fourth-order valence-corrected chi connectivity index (χ4v) is 2.72. The van der Waals surface area contributed by atoms with Crippen LogP contribution < -0.4 is 9.88 Å². The molecule has 2 aromatic rings. The second-order valence-corrected chi connectivity index (χ2v) is 5.43. The first kappa shape index (κ1) is 12.2. The maximum atomic E-state index is 4.54. The standard InChI is InChI=1S/C14H16N4S/c1-2-6-15-14(5-1)17-7-9-18(10-8-17)16-12-13-4-3-11-19-13/h1-6,11-12H,7-10H2/p+1/b16-12-. The molecule has 0 aromatic carbocycles. The van der Waals surface area contributed by atoms with Gasteiger partial charge >= 0.3 is 0 Å². The van der Waals surface area contributed by atoms with Crippen molar-refractivity contribution in [1.82, 2.24) is 5.01 Å². The molecule has 3 rings (SSSR count). The Bertz CT molecular complexity index is 516. The van der Waals surface area contributed by atoms with E-state index in [0.29, 0.717) is 0 Å². The van der Waals surface area contributed by atoms with E-state index in [1.807, 2.05) is 18.5 Å². The maximum absolute atomic E-state index is 4.54. The summed E-state index contributed by atoms with van der Waals surface area (Å²) in [6.07, 6.45) is 3.92. The van der Waals surface area contributed by atoms with E-state index in [9.17, 15) is 0 Å². The SMILES string of the molecule is C(=N/N1CCN(c2cccc[nH+]2)CC1)/c1cccs1. The quantitative estimate of drug-likeness (QED) is 0.798. The van der Waals surface area contributed by atoms with E-state index in [-0.39, 0.29) is 0 Å². The Morgan fingerprint density at radius 2 is 2.00 bits per heavy atom. The molecule has 98 valence electrons. The van der Waals surface area contributed by atoms with Crippen LogP contribution >= 0.6 is 11.3 Å². The fraction of sp³-hybridized carbons (Fsp3) is 0.286. The number of thiophene rings is 1. The van der Waals surface area contributed by atoms with Crippen LogP contribution in [0.15, 0.2) is 47.0 Å². The number of H-pyrrole nitrogens is 1. The molecule has 0 saturated carbocycles. The second kappa shape index (κ2) is 5.84. The molecule has 3 heterocycles. The molecule has 4 nitrogen and oxygen atoms in total. The van der Waals surface area contributed by atoms with Crippen LogP contribution in [0.1, 0.15) is 4.88 Å². The minimum Gasteiger partial charge on any atom is -0.289 e. The molecule has 5 heteroatoms. The topological polar surface area (TPSA) is 33.0 Å². The molecule has 0 bridgehead atoms. The van der Waals surface area contributed by atoms with Crippen molar-refractivity contribution >= 4 is 23.4 Å². The average Bonchev–Trinajstić information content (AvgIpc) is 3.00. The lowest BCUT2D eigenvalue weighted by atomic mass is 10.3. The van der Waals surface area contributed by atoms with Crippen molar-refractivity contribution in [2.45, 2.75) is 0 Å². The summed E-state index contributed by atoms with van der Waals surface area (Å²) >= 11 is 1.72. The van der Waals surface area contributed by atoms with Crippen molar-refractivity contribution in [3.8, 4) is 0 Å². The Labute approximate surface area is 117 Å². The molecule has 1 N–H and O–H groups in total. The summed E-state index contributed by atoms with van der Waals surface area (Å²) in [5.41, 5.74) is 0. The van der Waals surface area contributed by atoms with Crippen LogP contribution in [0.3, 0.4) is 0 Å². The van der Waals surface area contributed by atoms with Gasteiger partial charge in [0, 0.05) is 10.9 Å². The number of anilines is 1. The summed E-state index contributed by atoms with van der Waals surface area (Å²) in [4.78, 5) is 6.84. The summed E-state index contributed by atoms with van der Waals surface area (Å²) in [5.74, 6) is 1.18. The van der Waals surface area contributed by atoms with Crippen molar-refractivity contribution in [3.63, 3.8) is 0 Å². The van der Waals surface area contributed by atoms with E-state index < -0.39 is 0 Å². The Balaban J connectivity index is 1.55. The van der Waals surface area contributed by atoms with Crippen LogP contribution in [0.4, 0.5) is 5.82 Å². The zero-order valence-corrected chi connectivity index (χ0v) is 11.5.